The zero-order chi connectivity index (χ0) is 18.3. The minimum Gasteiger partial charge on any atom is -0.396 e. The van der Waals surface area contributed by atoms with Crippen molar-refractivity contribution in [2.45, 2.75) is 19.8 Å². The van der Waals surface area contributed by atoms with Gasteiger partial charge in [0.1, 0.15) is 0 Å². The number of aliphatic hydroxyl groups excluding tert-OH is 1. The second kappa shape index (κ2) is 6.43. The largest absolute Gasteiger partial charge is 0.396 e. The van der Waals surface area contributed by atoms with Crippen LogP contribution in [0.1, 0.15) is 18.9 Å². The number of nitrogens with zero attached hydrogens (tertiary/aromatic N) is 2. The summed E-state index contributed by atoms with van der Waals surface area (Å²) in [6.45, 7) is 4.15. The third kappa shape index (κ3) is 2.78. The molecule has 1 aromatic heterocycles. The zero-order valence-corrected chi connectivity index (χ0v) is 15.1. The van der Waals surface area contributed by atoms with E-state index in [1.54, 1.807) is 6.92 Å². The Kier molecular flexibility index (Phi) is 4.23. The fraction of sp³-hybridized carbons (Fsp3) is 0.500. The fourth-order valence-electron chi connectivity index (χ4n) is 4.57. The Hall–Kier alpha value is -2.34. The van der Waals surface area contributed by atoms with E-state index in [-0.39, 0.29) is 29.8 Å². The van der Waals surface area contributed by atoms with E-state index in [2.05, 4.69) is 4.98 Å². The third-order valence-electron chi connectivity index (χ3n) is 6.26. The van der Waals surface area contributed by atoms with Crippen molar-refractivity contribution in [1.82, 2.24) is 14.8 Å². The van der Waals surface area contributed by atoms with E-state index in [0.29, 0.717) is 32.6 Å². The highest BCUT2D eigenvalue weighted by atomic mass is 16.3. The molecule has 0 aliphatic carbocycles. The van der Waals surface area contributed by atoms with E-state index in [1.165, 1.54) is 0 Å². The lowest BCUT2D eigenvalue weighted by Crippen LogP contribution is -2.50. The molecule has 2 fully saturated rings. The van der Waals surface area contributed by atoms with Gasteiger partial charge in [0.25, 0.3) is 0 Å². The number of carbonyl (C=O) groups excluding carboxylic acids is 2. The molecule has 26 heavy (non-hydrogen) atoms. The van der Waals surface area contributed by atoms with Crippen LogP contribution in [0.4, 0.5) is 0 Å². The van der Waals surface area contributed by atoms with E-state index in [0.717, 1.165) is 22.9 Å². The number of fused-ring (bicyclic) bond motifs is 2. The monoisotopic (exact) mass is 355 g/mol. The van der Waals surface area contributed by atoms with Crippen LogP contribution in [0, 0.1) is 11.3 Å². The molecule has 3 heterocycles. The molecule has 2 aliphatic heterocycles. The Bertz CT molecular complexity index is 846. The predicted octanol–water partition coefficient (Wildman–Crippen LogP) is 1.40. The molecule has 2 saturated heterocycles. The molecule has 138 valence electrons. The lowest BCUT2D eigenvalue weighted by atomic mass is 9.73. The van der Waals surface area contributed by atoms with Crippen molar-refractivity contribution in [2.75, 3.05) is 32.8 Å². The second-order valence-corrected chi connectivity index (χ2v) is 7.74. The first-order valence-electron chi connectivity index (χ1n) is 9.21. The van der Waals surface area contributed by atoms with Crippen molar-refractivity contribution in [3.8, 4) is 0 Å². The normalized spacial score (nSPS) is 25.5. The van der Waals surface area contributed by atoms with Crippen molar-refractivity contribution >= 4 is 22.7 Å². The van der Waals surface area contributed by atoms with Crippen molar-refractivity contribution in [3.63, 3.8) is 0 Å². The number of para-hydroxylation sites is 1. The highest BCUT2D eigenvalue weighted by molar-refractivity contribution is 5.89. The van der Waals surface area contributed by atoms with Crippen LogP contribution in [0.15, 0.2) is 30.5 Å². The highest BCUT2D eigenvalue weighted by Gasteiger charge is 2.50. The topological polar surface area (TPSA) is 76.6 Å². The molecule has 2 amide bonds. The number of nitrogens with one attached hydrogen (secondary N) is 1. The maximum absolute atomic E-state index is 12.9. The number of hydrogen-bond acceptors (Lipinski definition) is 3. The molecule has 2 N–H and O–H groups in total. The van der Waals surface area contributed by atoms with Crippen molar-refractivity contribution < 1.29 is 14.7 Å². The van der Waals surface area contributed by atoms with Crippen LogP contribution < -0.4 is 0 Å². The van der Waals surface area contributed by atoms with E-state index in [4.69, 9.17) is 0 Å². The minimum absolute atomic E-state index is 0.0695. The lowest BCUT2D eigenvalue weighted by molar-refractivity contribution is -0.133. The number of carbonyl (C=O) groups is 2. The van der Waals surface area contributed by atoms with Crippen LogP contribution >= 0.6 is 0 Å². The smallest absolute Gasteiger partial charge is 0.227 e. The Morgan fingerprint density at radius 1 is 1.27 bits per heavy atom. The Morgan fingerprint density at radius 2 is 2.04 bits per heavy atom. The van der Waals surface area contributed by atoms with Gasteiger partial charge in [-0.15, -0.1) is 0 Å². The van der Waals surface area contributed by atoms with Gasteiger partial charge in [-0.25, -0.2) is 0 Å². The molecular weight excluding hydrogens is 330 g/mol. The Labute approximate surface area is 152 Å². The van der Waals surface area contributed by atoms with E-state index in [1.807, 2.05) is 40.3 Å². The molecule has 6 nitrogen and oxygen atoms in total. The van der Waals surface area contributed by atoms with Crippen LogP contribution in [0.2, 0.25) is 0 Å². The van der Waals surface area contributed by atoms with E-state index >= 15 is 0 Å². The molecule has 2 aromatic rings. The first-order chi connectivity index (χ1) is 12.5. The SMILES string of the molecule is CC(=O)N1CCC2(CO)CN(C(=O)Cc3c[nH]c4ccccc34)CC2C1. The summed E-state index contributed by atoms with van der Waals surface area (Å²) in [5, 5.41) is 11.1. The predicted molar refractivity (Wildman–Crippen MR) is 98.5 cm³/mol. The highest BCUT2D eigenvalue weighted by Crippen LogP contribution is 2.42. The fourth-order valence-corrected chi connectivity index (χ4v) is 4.57. The van der Waals surface area contributed by atoms with E-state index in [9.17, 15) is 14.7 Å². The molecule has 4 rings (SSSR count). The number of H-pyrrole nitrogens is 1. The summed E-state index contributed by atoms with van der Waals surface area (Å²) in [4.78, 5) is 31.6. The van der Waals surface area contributed by atoms with Gasteiger partial charge in [-0.2, -0.15) is 0 Å². The average molecular weight is 355 g/mol. The van der Waals surface area contributed by atoms with Gasteiger partial charge in [0.15, 0.2) is 0 Å². The van der Waals surface area contributed by atoms with Gasteiger partial charge < -0.3 is 19.9 Å². The Balaban J connectivity index is 1.50. The molecular formula is C20H25N3O3. The van der Waals surface area contributed by atoms with Gasteiger partial charge in [0.05, 0.1) is 13.0 Å². The quantitative estimate of drug-likeness (QED) is 0.874. The van der Waals surface area contributed by atoms with Crippen LogP contribution in [0.25, 0.3) is 10.9 Å². The van der Waals surface area contributed by atoms with Crippen LogP contribution in [-0.4, -0.2) is 64.5 Å². The number of aromatic amines is 1. The van der Waals surface area contributed by atoms with Gasteiger partial charge in [-0.1, -0.05) is 18.2 Å². The number of benzene rings is 1. The first-order valence-corrected chi connectivity index (χ1v) is 9.21. The van der Waals surface area contributed by atoms with Gasteiger partial charge >= 0.3 is 0 Å². The maximum atomic E-state index is 12.9. The Morgan fingerprint density at radius 3 is 2.81 bits per heavy atom. The summed E-state index contributed by atoms with van der Waals surface area (Å²) >= 11 is 0. The summed E-state index contributed by atoms with van der Waals surface area (Å²) in [7, 11) is 0. The third-order valence-corrected chi connectivity index (χ3v) is 6.26. The second-order valence-electron chi connectivity index (χ2n) is 7.74. The van der Waals surface area contributed by atoms with Crippen LogP contribution in [-0.2, 0) is 16.0 Å². The molecule has 2 atom stereocenters. The van der Waals surface area contributed by atoms with E-state index < -0.39 is 0 Å². The first kappa shape index (κ1) is 17.1. The summed E-state index contributed by atoms with van der Waals surface area (Å²) in [5.41, 5.74) is 1.78. The number of piperidine rings is 1. The van der Waals surface area contributed by atoms with Crippen molar-refractivity contribution in [2.24, 2.45) is 11.3 Å². The number of aliphatic hydroxyl groups is 1. The molecule has 0 bridgehead atoms. The van der Waals surface area contributed by atoms with Crippen LogP contribution in [0.5, 0.6) is 0 Å². The van der Waals surface area contributed by atoms with Crippen molar-refractivity contribution in [3.05, 3.63) is 36.0 Å². The standard InChI is InChI=1S/C20H25N3O3/c1-14(25)22-7-6-20(13-24)12-23(11-16(20)10-22)19(26)8-15-9-21-18-5-3-2-4-17(15)18/h2-5,9,16,21,24H,6-8,10-13H2,1H3. The number of amides is 2. The van der Waals surface area contributed by atoms with Gasteiger partial charge in [0, 0.05) is 61.5 Å². The molecule has 0 radical (unpaired) electrons. The van der Waals surface area contributed by atoms with Gasteiger partial charge in [0.2, 0.25) is 11.8 Å². The summed E-state index contributed by atoms with van der Waals surface area (Å²) in [6, 6.07) is 7.98. The maximum Gasteiger partial charge on any atom is 0.227 e. The van der Waals surface area contributed by atoms with Crippen LogP contribution in [0.3, 0.4) is 0 Å². The zero-order valence-electron chi connectivity index (χ0n) is 15.1. The number of hydrogen-bond donors (Lipinski definition) is 2. The summed E-state index contributed by atoms with van der Waals surface area (Å²) in [5.74, 6) is 0.309. The summed E-state index contributed by atoms with van der Waals surface area (Å²) < 4.78 is 0. The lowest BCUT2D eigenvalue weighted by Gasteiger charge is -2.41. The molecule has 1 aromatic carbocycles. The number of rotatable bonds is 3. The average Bonchev–Trinajstić information content (AvgIpc) is 3.23. The number of aromatic nitrogens is 1. The van der Waals surface area contributed by atoms with Crippen molar-refractivity contribution in [1.29, 1.82) is 0 Å². The minimum atomic E-state index is -0.262. The molecule has 2 aliphatic rings. The van der Waals surface area contributed by atoms with Gasteiger partial charge in [-0.05, 0) is 18.1 Å². The summed E-state index contributed by atoms with van der Waals surface area (Å²) in [6.07, 6.45) is 3.02. The molecule has 6 heteroatoms. The number of likely N-dealkylation sites (tertiary alicyclic amines) is 2. The molecule has 0 saturated carbocycles. The molecule has 0 spiro atoms. The molecule has 2 unspecified atom stereocenters. The van der Waals surface area contributed by atoms with Gasteiger partial charge in [-0.3, -0.25) is 9.59 Å².